The van der Waals surface area contributed by atoms with E-state index in [2.05, 4.69) is 15.2 Å². The van der Waals surface area contributed by atoms with Gasteiger partial charge in [-0.05, 0) is 41.8 Å². The molecule has 1 aromatic carbocycles. The van der Waals surface area contributed by atoms with Gasteiger partial charge in [-0.25, -0.2) is 4.98 Å². The van der Waals surface area contributed by atoms with Crippen LogP contribution in [0.2, 0.25) is 0 Å². The van der Waals surface area contributed by atoms with Crippen LogP contribution in [0.5, 0.6) is 0 Å². The molecule has 0 aliphatic carbocycles. The highest BCUT2D eigenvalue weighted by atomic mass is 19.1. The van der Waals surface area contributed by atoms with Gasteiger partial charge in [-0.1, -0.05) is 12.1 Å². The van der Waals surface area contributed by atoms with Gasteiger partial charge in [-0.2, -0.15) is 9.49 Å². The van der Waals surface area contributed by atoms with Crippen molar-refractivity contribution in [1.29, 1.82) is 0 Å². The number of nitrogens with two attached hydrogens (primary N) is 2. The summed E-state index contributed by atoms with van der Waals surface area (Å²) in [5.74, 6) is -0.604. The first-order valence-corrected chi connectivity index (χ1v) is 5.90. The van der Waals surface area contributed by atoms with Crippen LogP contribution in [-0.4, -0.2) is 17.2 Å². The molecule has 2 rings (SSSR count). The lowest BCUT2D eigenvalue weighted by Crippen LogP contribution is -2.21. The third kappa shape index (κ3) is 3.61. The van der Waals surface area contributed by atoms with Gasteiger partial charge in [-0.15, -0.1) is 5.10 Å². The number of hydrogen-bond acceptors (Lipinski definition) is 3. The van der Waals surface area contributed by atoms with Crippen molar-refractivity contribution in [2.24, 2.45) is 21.7 Å². The summed E-state index contributed by atoms with van der Waals surface area (Å²) in [6, 6.07) is 8.81. The molecule has 0 fully saturated rings. The summed E-state index contributed by atoms with van der Waals surface area (Å²) in [4.78, 5) is 3.64. The fourth-order valence-electron chi connectivity index (χ4n) is 1.76. The fourth-order valence-corrected chi connectivity index (χ4v) is 1.76. The molecule has 5 nitrogen and oxygen atoms in total. The number of hydrogen-bond donors (Lipinski definition) is 2. The molecular weight excluding hydrogens is 257 g/mol. The standard InChI is InChI=1S/C14H14FN5/c1-9-4-10(7-19-20-14(16)17)6-12(5-9)11-2-3-13(15)18-8-11/h2-8H,1H3,(H4,16,17,20). The zero-order valence-corrected chi connectivity index (χ0v) is 10.9. The fraction of sp³-hybridized carbons (Fsp3) is 0.0714. The lowest BCUT2D eigenvalue weighted by Gasteiger charge is -2.04. The smallest absolute Gasteiger partial charge is 0.212 e. The van der Waals surface area contributed by atoms with Crippen molar-refractivity contribution in [3.05, 3.63) is 53.6 Å². The third-order valence-corrected chi connectivity index (χ3v) is 2.54. The molecule has 2 aromatic rings. The molecule has 0 bridgehead atoms. The summed E-state index contributed by atoms with van der Waals surface area (Å²) in [7, 11) is 0. The summed E-state index contributed by atoms with van der Waals surface area (Å²) in [5.41, 5.74) is 14.0. The maximum atomic E-state index is 12.8. The summed E-state index contributed by atoms with van der Waals surface area (Å²) in [6.07, 6.45) is 3.04. The van der Waals surface area contributed by atoms with Gasteiger partial charge in [-0.3, -0.25) is 0 Å². The minimum Gasteiger partial charge on any atom is -0.369 e. The monoisotopic (exact) mass is 271 g/mol. The molecule has 0 saturated carbocycles. The number of halogens is 1. The van der Waals surface area contributed by atoms with E-state index in [0.29, 0.717) is 0 Å². The topological polar surface area (TPSA) is 89.6 Å². The van der Waals surface area contributed by atoms with Crippen LogP contribution in [-0.2, 0) is 0 Å². The molecule has 0 radical (unpaired) electrons. The molecule has 0 aliphatic heterocycles. The van der Waals surface area contributed by atoms with Crippen LogP contribution in [0.25, 0.3) is 11.1 Å². The average molecular weight is 271 g/mol. The molecule has 1 heterocycles. The summed E-state index contributed by atoms with van der Waals surface area (Å²) in [6.45, 7) is 1.96. The highest BCUT2D eigenvalue weighted by Crippen LogP contribution is 2.21. The van der Waals surface area contributed by atoms with E-state index in [9.17, 15) is 4.39 Å². The average Bonchev–Trinajstić information content (AvgIpc) is 2.38. The van der Waals surface area contributed by atoms with Crippen molar-refractivity contribution in [2.75, 3.05) is 0 Å². The van der Waals surface area contributed by atoms with E-state index in [0.717, 1.165) is 22.3 Å². The van der Waals surface area contributed by atoms with Crippen LogP contribution in [0, 0.1) is 12.9 Å². The number of aromatic nitrogens is 1. The van der Waals surface area contributed by atoms with Gasteiger partial charge in [0.25, 0.3) is 0 Å². The minimum atomic E-state index is -0.504. The molecule has 4 N–H and O–H groups in total. The van der Waals surface area contributed by atoms with Crippen LogP contribution in [0.3, 0.4) is 0 Å². The van der Waals surface area contributed by atoms with Gasteiger partial charge >= 0.3 is 0 Å². The van der Waals surface area contributed by atoms with Gasteiger partial charge in [0.15, 0.2) is 0 Å². The summed E-state index contributed by atoms with van der Waals surface area (Å²) < 4.78 is 12.8. The minimum absolute atomic E-state index is 0.100. The molecule has 0 unspecified atom stereocenters. The second-order valence-electron chi connectivity index (χ2n) is 4.27. The van der Waals surface area contributed by atoms with Crippen molar-refractivity contribution in [1.82, 2.24) is 4.98 Å². The van der Waals surface area contributed by atoms with Gasteiger partial charge in [0.05, 0.1) is 6.21 Å². The molecular formula is C14H14FN5. The maximum Gasteiger partial charge on any atom is 0.212 e. The van der Waals surface area contributed by atoms with Crippen molar-refractivity contribution < 1.29 is 4.39 Å². The second-order valence-corrected chi connectivity index (χ2v) is 4.27. The van der Waals surface area contributed by atoms with Gasteiger partial charge in [0.1, 0.15) is 0 Å². The Balaban J connectivity index is 2.36. The Hall–Kier alpha value is -2.76. The predicted octanol–water partition coefficient (Wildman–Crippen LogP) is 1.80. The van der Waals surface area contributed by atoms with E-state index in [1.807, 2.05) is 25.1 Å². The summed E-state index contributed by atoms with van der Waals surface area (Å²) >= 11 is 0. The highest BCUT2D eigenvalue weighted by Gasteiger charge is 2.02. The van der Waals surface area contributed by atoms with Crippen LogP contribution in [0.1, 0.15) is 11.1 Å². The molecule has 0 spiro atoms. The Bertz CT molecular complexity index is 658. The number of nitrogens with zero attached hydrogens (tertiary/aromatic N) is 3. The molecule has 0 saturated heterocycles. The SMILES string of the molecule is Cc1cc(C=NN=C(N)N)cc(-c2ccc(F)nc2)c1. The zero-order chi connectivity index (χ0) is 14.5. The Morgan fingerprint density at radius 1 is 1.20 bits per heavy atom. The van der Waals surface area contributed by atoms with E-state index in [-0.39, 0.29) is 5.96 Å². The number of rotatable bonds is 3. The van der Waals surface area contributed by atoms with Crippen LogP contribution < -0.4 is 11.5 Å². The van der Waals surface area contributed by atoms with Crippen molar-refractivity contribution in [3.63, 3.8) is 0 Å². The first-order chi connectivity index (χ1) is 9.54. The van der Waals surface area contributed by atoms with Crippen molar-refractivity contribution in [3.8, 4) is 11.1 Å². The molecule has 0 amide bonds. The van der Waals surface area contributed by atoms with E-state index in [1.165, 1.54) is 12.3 Å². The lowest BCUT2D eigenvalue weighted by atomic mass is 10.0. The Morgan fingerprint density at radius 2 is 2.00 bits per heavy atom. The quantitative estimate of drug-likeness (QED) is 0.386. The first kappa shape index (κ1) is 13.7. The maximum absolute atomic E-state index is 12.8. The number of aryl methyl sites for hydroxylation is 1. The number of pyridine rings is 1. The molecule has 6 heteroatoms. The van der Waals surface area contributed by atoms with Crippen molar-refractivity contribution >= 4 is 12.2 Å². The van der Waals surface area contributed by atoms with E-state index in [1.54, 1.807) is 12.3 Å². The van der Waals surface area contributed by atoms with Crippen LogP contribution in [0.4, 0.5) is 4.39 Å². The van der Waals surface area contributed by atoms with Crippen molar-refractivity contribution in [2.45, 2.75) is 6.92 Å². The largest absolute Gasteiger partial charge is 0.369 e. The normalized spacial score (nSPS) is 10.7. The molecule has 20 heavy (non-hydrogen) atoms. The molecule has 1 aromatic heterocycles. The second kappa shape index (κ2) is 5.92. The number of guanidine groups is 1. The summed E-state index contributed by atoms with van der Waals surface area (Å²) in [5, 5.41) is 7.31. The predicted molar refractivity (Wildman–Crippen MR) is 77.8 cm³/mol. The van der Waals surface area contributed by atoms with Gasteiger partial charge in [0.2, 0.25) is 11.9 Å². The highest BCUT2D eigenvalue weighted by molar-refractivity contribution is 5.84. The molecule has 0 aliphatic rings. The van der Waals surface area contributed by atoms with Gasteiger partial charge in [0, 0.05) is 11.8 Å². The van der Waals surface area contributed by atoms with Crippen LogP contribution in [0.15, 0.2) is 46.7 Å². The molecule has 0 atom stereocenters. The van der Waals surface area contributed by atoms with E-state index in [4.69, 9.17) is 11.5 Å². The van der Waals surface area contributed by atoms with Crippen LogP contribution >= 0.6 is 0 Å². The number of benzene rings is 1. The Morgan fingerprint density at radius 3 is 2.65 bits per heavy atom. The van der Waals surface area contributed by atoms with E-state index < -0.39 is 5.95 Å². The Labute approximate surface area is 115 Å². The molecule has 102 valence electrons. The third-order valence-electron chi connectivity index (χ3n) is 2.54. The first-order valence-electron chi connectivity index (χ1n) is 5.90. The van der Waals surface area contributed by atoms with Gasteiger partial charge < -0.3 is 11.5 Å². The Kier molecular flexibility index (Phi) is 4.05. The lowest BCUT2D eigenvalue weighted by molar-refractivity contribution is 0.584. The zero-order valence-electron chi connectivity index (χ0n) is 10.9. The van der Waals surface area contributed by atoms with E-state index >= 15 is 0 Å².